The van der Waals surface area contributed by atoms with E-state index < -0.39 is 40.7 Å². The van der Waals surface area contributed by atoms with Gasteiger partial charge in [-0.25, -0.2) is 8.78 Å². The summed E-state index contributed by atoms with van der Waals surface area (Å²) in [6, 6.07) is 0. The highest BCUT2D eigenvalue weighted by Gasteiger charge is 2.93. The largest absolute Gasteiger partial charge is 0.379 e. The Morgan fingerprint density at radius 1 is 0.867 bits per heavy atom. The van der Waals surface area contributed by atoms with Crippen LogP contribution in [-0.2, 0) is 0 Å². The van der Waals surface area contributed by atoms with Gasteiger partial charge in [0.15, 0.2) is 0 Å². The Labute approximate surface area is 83.0 Å². The second-order valence-corrected chi connectivity index (χ2v) is 3.99. The summed E-state index contributed by atoms with van der Waals surface area (Å²) in [4.78, 5) is 0. The fourth-order valence-electron chi connectivity index (χ4n) is 1.21. The van der Waals surface area contributed by atoms with Gasteiger partial charge in [0.2, 0.25) is 6.17 Å². The van der Waals surface area contributed by atoms with Crippen molar-refractivity contribution in [3.8, 4) is 0 Å². The van der Waals surface area contributed by atoms with E-state index in [0.717, 1.165) is 0 Å². The first-order chi connectivity index (χ1) is 6.47. The number of halogens is 8. The Morgan fingerprint density at radius 2 is 1.27 bits per heavy atom. The lowest BCUT2D eigenvalue weighted by Gasteiger charge is -2.26. The minimum atomic E-state index is -6.04. The van der Waals surface area contributed by atoms with Crippen LogP contribution >= 0.6 is 11.8 Å². The van der Waals surface area contributed by atoms with Gasteiger partial charge in [-0.3, -0.25) is 0 Å². The molecule has 0 aromatic carbocycles. The molecule has 0 heterocycles. The van der Waals surface area contributed by atoms with Crippen LogP contribution in [-0.4, -0.2) is 35.2 Å². The molecule has 0 aromatic rings. The second kappa shape index (κ2) is 2.92. The molecule has 0 spiro atoms. The Hall–Kier alpha value is -0.210. The van der Waals surface area contributed by atoms with Crippen LogP contribution in [0.2, 0.25) is 0 Å². The molecular weight excluding hydrogens is 256 g/mol. The summed E-state index contributed by atoms with van der Waals surface area (Å²) in [5.74, 6) is -17.5. The van der Waals surface area contributed by atoms with Crippen molar-refractivity contribution in [1.82, 2.24) is 0 Å². The maximum Gasteiger partial charge on any atom is 0.379 e. The monoisotopic (exact) mass is 260 g/mol. The van der Waals surface area contributed by atoms with Gasteiger partial charge in [0.05, 0.1) is 0 Å². The van der Waals surface area contributed by atoms with Crippen molar-refractivity contribution in [1.29, 1.82) is 0 Å². The van der Waals surface area contributed by atoms with E-state index in [1.807, 2.05) is 0 Å². The first kappa shape index (κ1) is 12.9. The third kappa shape index (κ3) is 1.10. The minimum Gasteiger partial charge on any atom is -0.236 e. The molecule has 90 valence electrons. The van der Waals surface area contributed by atoms with E-state index in [2.05, 4.69) is 0 Å². The lowest BCUT2D eigenvalue weighted by atomic mass is 10.2. The molecule has 2 unspecified atom stereocenters. The molecule has 1 rings (SSSR count). The Kier molecular flexibility index (Phi) is 2.50. The molecule has 1 aliphatic carbocycles. The third-order valence-electron chi connectivity index (χ3n) is 2.18. The summed E-state index contributed by atoms with van der Waals surface area (Å²) in [5.41, 5.74) is 0. The van der Waals surface area contributed by atoms with Gasteiger partial charge in [-0.2, -0.15) is 26.3 Å². The topological polar surface area (TPSA) is 0 Å². The first-order valence-corrected chi connectivity index (χ1v) is 4.71. The molecule has 0 N–H and O–H groups in total. The van der Waals surface area contributed by atoms with Crippen LogP contribution in [0.1, 0.15) is 0 Å². The van der Waals surface area contributed by atoms with Gasteiger partial charge in [0.25, 0.3) is 5.00 Å². The fourth-order valence-corrected chi connectivity index (χ4v) is 1.95. The molecule has 0 nitrogen and oxygen atoms in total. The normalized spacial score (nSPS) is 41.8. The van der Waals surface area contributed by atoms with Gasteiger partial charge in [-0.1, -0.05) is 0 Å². The van der Waals surface area contributed by atoms with E-state index in [-0.39, 0.29) is 0 Å². The van der Waals surface area contributed by atoms with E-state index in [1.54, 1.807) is 0 Å². The van der Waals surface area contributed by atoms with Gasteiger partial charge in [0.1, 0.15) is 0 Å². The van der Waals surface area contributed by atoms with Crippen molar-refractivity contribution in [2.45, 2.75) is 28.9 Å². The van der Waals surface area contributed by atoms with Gasteiger partial charge in [0, 0.05) is 0 Å². The van der Waals surface area contributed by atoms with Crippen molar-refractivity contribution in [2.75, 3.05) is 6.26 Å². The maximum absolute atomic E-state index is 13.1. The molecule has 2 atom stereocenters. The number of rotatable bonds is 1. The molecule has 0 aromatic heterocycles. The van der Waals surface area contributed by atoms with Crippen molar-refractivity contribution >= 4 is 11.8 Å². The zero-order valence-electron chi connectivity index (χ0n) is 7.01. The van der Waals surface area contributed by atoms with E-state index in [0.29, 0.717) is 6.26 Å². The Balaban J connectivity index is 3.41. The molecule has 1 fully saturated rings. The average molecular weight is 260 g/mol. The van der Waals surface area contributed by atoms with Gasteiger partial charge in [-0.15, -0.1) is 11.8 Å². The minimum absolute atomic E-state index is 0.512. The van der Waals surface area contributed by atoms with Crippen LogP contribution in [0.25, 0.3) is 0 Å². The van der Waals surface area contributed by atoms with Gasteiger partial charge in [-0.05, 0) is 6.26 Å². The van der Waals surface area contributed by atoms with Crippen molar-refractivity contribution in [2.24, 2.45) is 0 Å². The maximum atomic E-state index is 13.1. The quantitative estimate of drug-likeness (QED) is 0.652. The highest BCUT2D eigenvalue weighted by Crippen LogP contribution is 2.66. The lowest BCUT2D eigenvalue weighted by Crippen LogP contribution is -2.51. The molecule has 15 heavy (non-hydrogen) atoms. The average Bonchev–Trinajstić information content (AvgIpc) is 2.18. The summed E-state index contributed by atoms with van der Waals surface area (Å²) >= 11 is -0.697. The van der Waals surface area contributed by atoms with E-state index in [9.17, 15) is 35.1 Å². The molecular formula is C6H4F8S. The van der Waals surface area contributed by atoms with Crippen LogP contribution in [0.15, 0.2) is 0 Å². The molecule has 9 heteroatoms. The molecule has 0 bridgehead atoms. The first-order valence-electron chi connectivity index (χ1n) is 3.48. The zero-order chi connectivity index (χ0) is 12.3. The summed E-state index contributed by atoms with van der Waals surface area (Å²) in [6.07, 6.45) is -3.75. The van der Waals surface area contributed by atoms with E-state index >= 15 is 0 Å². The van der Waals surface area contributed by atoms with E-state index in [4.69, 9.17) is 0 Å². The number of alkyl halides is 8. The van der Waals surface area contributed by atoms with Crippen LogP contribution in [0.5, 0.6) is 0 Å². The smallest absolute Gasteiger partial charge is 0.236 e. The van der Waals surface area contributed by atoms with Crippen LogP contribution < -0.4 is 0 Å². The summed E-state index contributed by atoms with van der Waals surface area (Å²) in [6.45, 7) is 0. The molecule has 0 aliphatic heterocycles. The molecule has 1 aliphatic rings. The van der Waals surface area contributed by atoms with Crippen LogP contribution in [0.4, 0.5) is 35.1 Å². The highest BCUT2D eigenvalue weighted by atomic mass is 32.2. The summed E-state index contributed by atoms with van der Waals surface area (Å²) in [7, 11) is 0. The van der Waals surface area contributed by atoms with Crippen LogP contribution in [0.3, 0.4) is 0 Å². The van der Waals surface area contributed by atoms with Crippen molar-refractivity contribution in [3.05, 3.63) is 0 Å². The predicted octanol–water partition coefficient (Wildman–Crippen LogP) is 3.27. The summed E-state index contributed by atoms with van der Waals surface area (Å²) in [5, 5.41) is -4.62. The molecule has 1 saturated carbocycles. The third-order valence-corrected chi connectivity index (χ3v) is 3.24. The summed E-state index contributed by atoms with van der Waals surface area (Å²) < 4.78 is 101. The van der Waals surface area contributed by atoms with Crippen molar-refractivity contribution < 1.29 is 35.1 Å². The standard InChI is InChI=1S/C6H4F8S/c1-15-4(10)2(7)3(8,9)5(11,12)6(4,13)14/h2H,1H3. The zero-order valence-corrected chi connectivity index (χ0v) is 7.83. The van der Waals surface area contributed by atoms with Gasteiger partial charge < -0.3 is 0 Å². The molecule has 0 saturated heterocycles. The SMILES string of the molecule is CSC1(F)C(F)C(F)(F)C(F)(F)C1(F)F. The second-order valence-electron chi connectivity index (χ2n) is 2.98. The van der Waals surface area contributed by atoms with E-state index in [1.165, 1.54) is 0 Å². The lowest BCUT2D eigenvalue weighted by molar-refractivity contribution is -0.283. The Bertz CT molecular complexity index is 274. The predicted molar refractivity (Wildman–Crippen MR) is 37.1 cm³/mol. The Morgan fingerprint density at radius 3 is 1.40 bits per heavy atom. The number of thioether (sulfide) groups is 1. The number of hydrogen-bond acceptors (Lipinski definition) is 1. The highest BCUT2D eigenvalue weighted by molar-refractivity contribution is 7.99. The van der Waals surface area contributed by atoms with Crippen LogP contribution in [0, 0.1) is 0 Å². The number of hydrogen-bond donors (Lipinski definition) is 0. The van der Waals surface area contributed by atoms with Gasteiger partial charge >= 0.3 is 17.8 Å². The fraction of sp³-hybridized carbons (Fsp3) is 1.00. The molecule has 0 amide bonds. The molecule has 0 radical (unpaired) electrons. The van der Waals surface area contributed by atoms with Crippen molar-refractivity contribution in [3.63, 3.8) is 0 Å².